The third kappa shape index (κ3) is 5.46. The van der Waals surface area contributed by atoms with Gasteiger partial charge in [0.2, 0.25) is 0 Å². The third-order valence-electron chi connectivity index (χ3n) is 5.83. The van der Waals surface area contributed by atoms with Crippen molar-refractivity contribution in [3.8, 4) is 11.5 Å². The van der Waals surface area contributed by atoms with Gasteiger partial charge in [-0.2, -0.15) is 0 Å². The van der Waals surface area contributed by atoms with Crippen molar-refractivity contribution in [1.29, 1.82) is 0 Å². The van der Waals surface area contributed by atoms with Crippen molar-refractivity contribution in [1.82, 2.24) is 14.5 Å². The molecule has 3 aromatic rings. The number of hydrogen-bond acceptors (Lipinski definition) is 7. The van der Waals surface area contributed by atoms with Crippen LogP contribution in [0.3, 0.4) is 0 Å². The van der Waals surface area contributed by atoms with E-state index in [0.29, 0.717) is 43.9 Å². The minimum absolute atomic E-state index is 0.188. The molecule has 0 saturated heterocycles. The largest absolute Gasteiger partial charge is 0.494 e. The second kappa shape index (κ2) is 11.0. The van der Waals surface area contributed by atoms with Gasteiger partial charge in [0.15, 0.2) is 0 Å². The first-order chi connectivity index (χ1) is 16.6. The molecule has 8 nitrogen and oxygen atoms in total. The van der Waals surface area contributed by atoms with Gasteiger partial charge in [0, 0.05) is 62.3 Å². The predicted molar refractivity (Wildman–Crippen MR) is 127 cm³/mol. The normalized spacial score (nSPS) is 13.6. The summed E-state index contributed by atoms with van der Waals surface area (Å²) in [5.41, 5.74) is 2.78. The molecule has 0 radical (unpaired) electrons. The quantitative estimate of drug-likeness (QED) is 0.475. The number of aromatic nitrogens is 2. The standard InChI is InChI=1S/C26H29N3O5/c1-3-33-21-8-6-19(7-9-21)17-28-12-10-22-25(26(31)32-2)23(15-24(30)29(22)14-13-28)34-18-20-5-4-11-27-16-20/h4-9,11,15-16H,3,10,12-14,17-18H2,1-2H3. The average Bonchev–Trinajstić information content (AvgIpc) is 3.07. The Bertz CT molecular complexity index is 1180. The van der Waals surface area contributed by atoms with Crippen LogP contribution < -0.4 is 15.0 Å². The fraction of sp³-hybridized carbons (Fsp3) is 0.346. The Morgan fingerprint density at radius 3 is 2.59 bits per heavy atom. The molecule has 0 unspecified atom stereocenters. The molecule has 2 aromatic heterocycles. The van der Waals surface area contributed by atoms with E-state index in [1.54, 1.807) is 17.0 Å². The molecule has 0 aliphatic carbocycles. The van der Waals surface area contributed by atoms with Crippen molar-refractivity contribution in [2.75, 3.05) is 26.8 Å². The van der Waals surface area contributed by atoms with Gasteiger partial charge < -0.3 is 18.8 Å². The van der Waals surface area contributed by atoms with Crippen LogP contribution >= 0.6 is 0 Å². The summed E-state index contributed by atoms with van der Waals surface area (Å²) in [4.78, 5) is 32.1. The zero-order chi connectivity index (χ0) is 23.9. The molecule has 178 valence electrons. The van der Waals surface area contributed by atoms with Crippen LogP contribution in [0.1, 0.15) is 34.1 Å². The van der Waals surface area contributed by atoms with Crippen LogP contribution in [0.15, 0.2) is 59.7 Å². The second-order valence-electron chi connectivity index (χ2n) is 8.06. The van der Waals surface area contributed by atoms with Gasteiger partial charge in [-0.3, -0.25) is 14.7 Å². The molecule has 0 bridgehead atoms. The minimum atomic E-state index is -0.509. The smallest absolute Gasteiger partial charge is 0.343 e. The number of carbonyl (C=O) groups excluding carboxylic acids is 1. The first kappa shape index (κ1) is 23.5. The number of esters is 1. The van der Waals surface area contributed by atoms with E-state index in [9.17, 15) is 9.59 Å². The van der Waals surface area contributed by atoms with E-state index in [1.807, 2.05) is 31.2 Å². The second-order valence-corrected chi connectivity index (χ2v) is 8.06. The van der Waals surface area contributed by atoms with Gasteiger partial charge in [-0.1, -0.05) is 18.2 Å². The minimum Gasteiger partial charge on any atom is -0.494 e. The summed E-state index contributed by atoms with van der Waals surface area (Å²) in [5.74, 6) is 0.583. The highest BCUT2D eigenvalue weighted by Crippen LogP contribution is 2.25. The lowest BCUT2D eigenvalue weighted by Crippen LogP contribution is -2.29. The van der Waals surface area contributed by atoms with Crippen LogP contribution in [0.2, 0.25) is 0 Å². The highest BCUT2D eigenvalue weighted by atomic mass is 16.5. The Hall–Kier alpha value is -3.65. The summed E-state index contributed by atoms with van der Waals surface area (Å²) in [6, 6.07) is 13.1. The number of ether oxygens (including phenoxy) is 3. The van der Waals surface area contributed by atoms with Crippen molar-refractivity contribution in [2.45, 2.75) is 33.0 Å². The Morgan fingerprint density at radius 1 is 1.06 bits per heavy atom. The zero-order valence-electron chi connectivity index (χ0n) is 19.5. The van der Waals surface area contributed by atoms with Gasteiger partial charge in [-0.25, -0.2) is 4.79 Å². The van der Waals surface area contributed by atoms with Gasteiger partial charge in [0.05, 0.1) is 13.7 Å². The Balaban J connectivity index is 1.55. The molecule has 1 aliphatic heterocycles. The van der Waals surface area contributed by atoms with Crippen LogP contribution in [0, 0.1) is 0 Å². The van der Waals surface area contributed by atoms with Gasteiger partial charge in [-0.05, 0) is 30.7 Å². The van der Waals surface area contributed by atoms with Crippen molar-refractivity contribution in [2.24, 2.45) is 0 Å². The van der Waals surface area contributed by atoms with E-state index >= 15 is 0 Å². The van der Waals surface area contributed by atoms with Crippen LogP contribution in [0.25, 0.3) is 0 Å². The van der Waals surface area contributed by atoms with E-state index in [4.69, 9.17) is 14.2 Å². The zero-order valence-corrected chi connectivity index (χ0v) is 19.5. The lowest BCUT2D eigenvalue weighted by atomic mass is 10.1. The molecular formula is C26H29N3O5. The third-order valence-corrected chi connectivity index (χ3v) is 5.83. The molecule has 4 rings (SSSR count). The molecular weight excluding hydrogens is 434 g/mol. The van der Waals surface area contributed by atoms with Crippen LogP contribution in [0.4, 0.5) is 0 Å². The molecule has 1 aromatic carbocycles. The number of methoxy groups -OCH3 is 1. The summed E-state index contributed by atoms with van der Waals surface area (Å²) in [6.45, 7) is 5.41. The van der Waals surface area contributed by atoms with Crippen LogP contribution in [-0.2, 0) is 30.9 Å². The van der Waals surface area contributed by atoms with E-state index in [2.05, 4.69) is 22.0 Å². The summed E-state index contributed by atoms with van der Waals surface area (Å²) < 4.78 is 18.2. The number of pyridine rings is 2. The number of benzene rings is 1. The van der Waals surface area contributed by atoms with E-state index in [1.165, 1.54) is 13.2 Å². The number of fused-ring (bicyclic) bond motifs is 1. The molecule has 0 saturated carbocycles. The van der Waals surface area contributed by atoms with Gasteiger partial charge >= 0.3 is 5.97 Å². The Labute approximate surface area is 198 Å². The van der Waals surface area contributed by atoms with Crippen LogP contribution in [0.5, 0.6) is 11.5 Å². The fourth-order valence-corrected chi connectivity index (χ4v) is 4.15. The average molecular weight is 464 g/mol. The first-order valence-corrected chi connectivity index (χ1v) is 11.4. The number of carbonyl (C=O) groups is 1. The monoisotopic (exact) mass is 463 g/mol. The highest BCUT2D eigenvalue weighted by Gasteiger charge is 2.26. The summed E-state index contributed by atoms with van der Waals surface area (Å²) in [7, 11) is 1.34. The lowest BCUT2D eigenvalue weighted by molar-refractivity contribution is 0.0592. The molecule has 0 atom stereocenters. The highest BCUT2D eigenvalue weighted by molar-refractivity contribution is 5.93. The van der Waals surface area contributed by atoms with Crippen LogP contribution in [-0.4, -0.2) is 47.2 Å². The molecule has 34 heavy (non-hydrogen) atoms. The summed E-state index contributed by atoms with van der Waals surface area (Å²) in [6.07, 6.45) is 3.89. The van der Waals surface area contributed by atoms with Gasteiger partial charge in [0.25, 0.3) is 5.56 Å². The molecule has 8 heteroatoms. The maximum Gasteiger partial charge on any atom is 0.343 e. The fourth-order valence-electron chi connectivity index (χ4n) is 4.15. The molecule has 0 spiro atoms. The predicted octanol–water partition coefficient (Wildman–Crippen LogP) is 3.07. The molecule has 1 aliphatic rings. The molecule has 0 amide bonds. The van der Waals surface area contributed by atoms with Crippen molar-refractivity contribution in [3.63, 3.8) is 0 Å². The summed E-state index contributed by atoms with van der Waals surface area (Å²) in [5, 5.41) is 0. The Morgan fingerprint density at radius 2 is 1.88 bits per heavy atom. The van der Waals surface area contributed by atoms with Crippen molar-refractivity contribution < 1.29 is 19.0 Å². The molecule has 3 heterocycles. The summed E-state index contributed by atoms with van der Waals surface area (Å²) >= 11 is 0. The topological polar surface area (TPSA) is 82.9 Å². The van der Waals surface area contributed by atoms with Crippen molar-refractivity contribution >= 4 is 5.97 Å². The van der Waals surface area contributed by atoms with E-state index in [-0.39, 0.29) is 17.9 Å². The van der Waals surface area contributed by atoms with Gasteiger partial charge in [0.1, 0.15) is 23.7 Å². The van der Waals surface area contributed by atoms with Crippen molar-refractivity contribution in [3.05, 3.63) is 87.6 Å². The maximum absolute atomic E-state index is 13.0. The first-order valence-electron chi connectivity index (χ1n) is 11.4. The molecule has 0 fully saturated rings. The van der Waals surface area contributed by atoms with Gasteiger partial charge in [-0.15, -0.1) is 0 Å². The SMILES string of the molecule is CCOc1ccc(CN2CCc3c(C(=O)OC)c(OCc4cccnc4)cc(=O)n3CC2)cc1. The number of rotatable bonds is 8. The van der Waals surface area contributed by atoms with E-state index in [0.717, 1.165) is 23.4 Å². The number of hydrogen-bond donors (Lipinski definition) is 0. The van der Waals surface area contributed by atoms with E-state index < -0.39 is 5.97 Å². The lowest BCUT2D eigenvalue weighted by Gasteiger charge is -2.19. The Kier molecular flexibility index (Phi) is 7.59. The molecule has 0 N–H and O–H groups in total. The number of nitrogens with zero attached hydrogens (tertiary/aromatic N) is 3. The maximum atomic E-state index is 13.0.